The molecule has 6 nitrogen and oxygen atoms in total. The summed E-state index contributed by atoms with van der Waals surface area (Å²) >= 11 is 0. The van der Waals surface area contributed by atoms with E-state index in [4.69, 9.17) is 4.42 Å². The number of aliphatic hydroxyl groups is 1. The summed E-state index contributed by atoms with van der Waals surface area (Å²) in [4.78, 5) is 0. The lowest BCUT2D eigenvalue weighted by atomic mass is 10.1. The molecule has 1 aromatic heterocycles. The number of nitrogens with one attached hydrogen (secondary N) is 2. The summed E-state index contributed by atoms with van der Waals surface area (Å²) in [7, 11) is -3.62. The summed E-state index contributed by atoms with van der Waals surface area (Å²) in [6.45, 7) is 0.840. The van der Waals surface area contributed by atoms with E-state index in [2.05, 4.69) is 10.0 Å². The van der Waals surface area contributed by atoms with E-state index in [-0.39, 0.29) is 23.7 Å². The number of furan rings is 1. The summed E-state index contributed by atoms with van der Waals surface area (Å²) in [6.07, 6.45) is 4.08. The monoisotopic (exact) mass is 300 g/mol. The first-order valence-corrected chi connectivity index (χ1v) is 8.44. The Hall–Kier alpha value is -0.890. The van der Waals surface area contributed by atoms with Crippen molar-refractivity contribution < 1.29 is 17.9 Å². The second kappa shape index (κ2) is 5.14. The van der Waals surface area contributed by atoms with Crippen molar-refractivity contribution in [3.63, 3.8) is 0 Å². The highest BCUT2D eigenvalue weighted by Gasteiger charge is 2.42. The first-order valence-electron chi connectivity index (χ1n) is 6.96. The normalized spacial score (nSPS) is 21.1. The molecule has 7 heteroatoms. The molecule has 112 valence electrons. The number of sulfonamides is 1. The van der Waals surface area contributed by atoms with Crippen LogP contribution in [0.1, 0.15) is 31.4 Å². The van der Waals surface area contributed by atoms with Crippen LogP contribution in [0.25, 0.3) is 0 Å². The molecule has 0 amide bonds. The van der Waals surface area contributed by atoms with E-state index >= 15 is 0 Å². The molecule has 3 N–H and O–H groups in total. The molecule has 3 rings (SSSR count). The predicted octanol–water partition coefficient (Wildman–Crippen LogP) is 0.582. The van der Waals surface area contributed by atoms with Crippen molar-refractivity contribution in [3.05, 3.63) is 17.9 Å². The first kappa shape index (κ1) is 14.1. The average molecular weight is 300 g/mol. The van der Waals surface area contributed by atoms with E-state index in [1.54, 1.807) is 6.07 Å². The molecule has 0 atom stereocenters. The highest BCUT2D eigenvalue weighted by Crippen LogP contribution is 2.44. The third kappa shape index (κ3) is 3.22. The highest BCUT2D eigenvalue weighted by atomic mass is 32.2. The third-order valence-corrected chi connectivity index (χ3v) is 5.25. The molecule has 2 aliphatic rings. The molecule has 1 heterocycles. The lowest BCUT2D eigenvalue weighted by Crippen LogP contribution is -2.31. The standard InChI is InChI=1S/C13H20N2O4S/c16-9-13(5-6-13)8-15-20(17,18)12-4-3-11(19-12)7-14-10-1-2-10/h3-4,10,14-16H,1-2,5-9H2. The van der Waals surface area contributed by atoms with Crippen LogP contribution in [0.3, 0.4) is 0 Å². The maximum absolute atomic E-state index is 12.1. The molecule has 0 spiro atoms. The summed E-state index contributed by atoms with van der Waals surface area (Å²) < 4.78 is 32.0. The Morgan fingerprint density at radius 3 is 2.70 bits per heavy atom. The fraction of sp³-hybridized carbons (Fsp3) is 0.692. The van der Waals surface area contributed by atoms with Gasteiger partial charge < -0.3 is 14.8 Å². The quantitative estimate of drug-likeness (QED) is 0.653. The Balaban J connectivity index is 1.58. The molecule has 2 fully saturated rings. The van der Waals surface area contributed by atoms with Crippen LogP contribution in [0.5, 0.6) is 0 Å². The van der Waals surface area contributed by atoms with Crippen molar-refractivity contribution in [3.8, 4) is 0 Å². The van der Waals surface area contributed by atoms with E-state index in [0.717, 1.165) is 12.8 Å². The molecule has 0 bridgehead atoms. The van der Waals surface area contributed by atoms with Crippen LogP contribution in [0.2, 0.25) is 0 Å². The van der Waals surface area contributed by atoms with E-state index in [1.807, 2.05) is 0 Å². The Labute approximate surface area is 118 Å². The summed E-state index contributed by atoms with van der Waals surface area (Å²) in [6, 6.07) is 3.71. The van der Waals surface area contributed by atoms with E-state index in [9.17, 15) is 13.5 Å². The second-order valence-electron chi connectivity index (χ2n) is 5.86. The fourth-order valence-electron chi connectivity index (χ4n) is 2.02. The van der Waals surface area contributed by atoms with Crippen molar-refractivity contribution in [2.75, 3.05) is 13.2 Å². The van der Waals surface area contributed by atoms with Gasteiger partial charge >= 0.3 is 0 Å². The Bertz CT molecular complexity index is 573. The summed E-state index contributed by atoms with van der Waals surface area (Å²) in [5, 5.41) is 12.4. The molecule has 0 saturated heterocycles. The lowest BCUT2D eigenvalue weighted by molar-refractivity contribution is 0.213. The van der Waals surface area contributed by atoms with Gasteiger partial charge in [0.2, 0.25) is 5.09 Å². The van der Waals surface area contributed by atoms with Crippen LogP contribution in [0, 0.1) is 5.41 Å². The van der Waals surface area contributed by atoms with Gasteiger partial charge in [-0.3, -0.25) is 0 Å². The van der Waals surface area contributed by atoms with Gasteiger partial charge in [0, 0.05) is 24.6 Å². The molecule has 2 saturated carbocycles. The van der Waals surface area contributed by atoms with Gasteiger partial charge in [0.25, 0.3) is 10.0 Å². The molecule has 0 aromatic carbocycles. The largest absolute Gasteiger partial charge is 0.447 e. The van der Waals surface area contributed by atoms with Gasteiger partial charge in [0.15, 0.2) is 0 Å². The zero-order valence-corrected chi connectivity index (χ0v) is 12.1. The predicted molar refractivity (Wildman–Crippen MR) is 72.5 cm³/mol. The van der Waals surface area contributed by atoms with Crippen molar-refractivity contribution in [1.82, 2.24) is 10.0 Å². The van der Waals surface area contributed by atoms with Crippen LogP contribution in [-0.2, 0) is 16.6 Å². The van der Waals surface area contributed by atoms with Crippen molar-refractivity contribution in [1.29, 1.82) is 0 Å². The van der Waals surface area contributed by atoms with Gasteiger partial charge in [0.1, 0.15) is 5.76 Å². The molecule has 0 aliphatic heterocycles. The molecule has 0 unspecified atom stereocenters. The Morgan fingerprint density at radius 2 is 2.10 bits per heavy atom. The molecular weight excluding hydrogens is 280 g/mol. The van der Waals surface area contributed by atoms with Crippen molar-refractivity contribution in [2.45, 2.75) is 43.4 Å². The zero-order chi connectivity index (χ0) is 14.2. The summed E-state index contributed by atoms with van der Waals surface area (Å²) in [5.74, 6) is 0.626. The van der Waals surface area contributed by atoms with Gasteiger partial charge in [-0.05, 0) is 37.8 Å². The number of hydrogen-bond acceptors (Lipinski definition) is 5. The van der Waals surface area contributed by atoms with Gasteiger partial charge in [0.05, 0.1) is 6.54 Å². The van der Waals surface area contributed by atoms with Gasteiger partial charge in [-0.2, -0.15) is 0 Å². The van der Waals surface area contributed by atoms with Crippen LogP contribution < -0.4 is 10.0 Å². The Morgan fingerprint density at radius 1 is 1.35 bits per heavy atom. The minimum absolute atomic E-state index is 0.0181. The first-order chi connectivity index (χ1) is 9.53. The Kier molecular flexibility index (Phi) is 3.62. The SMILES string of the molecule is O=S(=O)(NCC1(CO)CC1)c1ccc(CNC2CC2)o1. The van der Waals surface area contributed by atoms with E-state index in [1.165, 1.54) is 18.9 Å². The average Bonchev–Trinajstić information content (AvgIpc) is 3.35. The fourth-order valence-corrected chi connectivity index (χ4v) is 3.12. The van der Waals surface area contributed by atoms with Gasteiger partial charge in [-0.1, -0.05) is 0 Å². The van der Waals surface area contributed by atoms with Crippen molar-refractivity contribution >= 4 is 10.0 Å². The molecule has 0 radical (unpaired) electrons. The maximum Gasteiger partial charge on any atom is 0.273 e. The molecular formula is C13H20N2O4S. The van der Waals surface area contributed by atoms with Gasteiger partial charge in [-0.25, -0.2) is 13.1 Å². The third-order valence-electron chi connectivity index (χ3n) is 3.97. The second-order valence-corrected chi connectivity index (χ2v) is 7.56. The maximum atomic E-state index is 12.1. The minimum Gasteiger partial charge on any atom is -0.447 e. The van der Waals surface area contributed by atoms with Crippen molar-refractivity contribution in [2.24, 2.45) is 5.41 Å². The lowest BCUT2D eigenvalue weighted by Gasteiger charge is -2.11. The smallest absolute Gasteiger partial charge is 0.273 e. The molecule has 2 aliphatic carbocycles. The van der Waals surface area contributed by atoms with E-state index < -0.39 is 10.0 Å². The van der Waals surface area contributed by atoms with E-state index in [0.29, 0.717) is 18.3 Å². The number of rotatable bonds is 8. The highest BCUT2D eigenvalue weighted by molar-refractivity contribution is 7.89. The van der Waals surface area contributed by atoms with Crippen LogP contribution in [0.4, 0.5) is 0 Å². The number of aliphatic hydroxyl groups excluding tert-OH is 1. The molecule has 20 heavy (non-hydrogen) atoms. The van der Waals surface area contributed by atoms with Crippen LogP contribution in [-0.4, -0.2) is 32.7 Å². The topological polar surface area (TPSA) is 91.6 Å². The van der Waals surface area contributed by atoms with Gasteiger partial charge in [-0.15, -0.1) is 0 Å². The minimum atomic E-state index is -3.62. The molecule has 1 aromatic rings. The van der Waals surface area contributed by atoms with Crippen LogP contribution >= 0.6 is 0 Å². The summed E-state index contributed by atoms with van der Waals surface area (Å²) in [5.41, 5.74) is -0.254. The zero-order valence-electron chi connectivity index (χ0n) is 11.3. The van der Waals surface area contributed by atoms with Crippen LogP contribution in [0.15, 0.2) is 21.6 Å². The number of hydrogen-bond donors (Lipinski definition) is 3.